The molecule has 0 saturated carbocycles. The molecule has 4 aromatic carbocycles. The molecule has 0 atom stereocenters. The lowest BCUT2D eigenvalue weighted by molar-refractivity contribution is 1.07. The first-order valence-electron chi connectivity index (χ1n) is 9.98. The van der Waals surface area contributed by atoms with E-state index < -0.39 is 0 Å². The minimum atomic E-state index is 1.18. The first-order chi connectivity index (χ1) is 14.3. The number of nitrogens with zero attached hydrogens (tertiary/aromatic N) is 2. The van der Waals surface area contributed by atoms with Crippen molar-refractivity contribution in [3.05, 3.63) is 109 Å². The summed E-state index contributed by atoms with van der Waals surface area (Å²) in [6.07, 6.45) is 0. The summed E-state index contributed by atoms with van der Waals surface area (Å²) in [5.41, 5.74) is 7.30. The van der Waals surface area contributed by atoms with E-state index in [1.54, 1.807) is 0 Å². The Morgan fingerprint density at radius 3 is 1.55 bits per heavy atom. The van der Waals surface area contributed by atoms with Crippen molar-refractivity contribution < 1.29 is 0 Å². The molecule has 6 aromatic rings. The van der Waals surface area contributed by atoms with Crippen molar-refractivity contribution in [1.29, 1.82) is 0 Å². The highest BCUT2D eigenvalue weighted by atomic mass is 15.1. The third-order valence-corrected chi connectivity index (χ3v) is 5.78. The zero-order valence-electron chi connectivity index (χ0n) is 16.2. The van der Waals surface area contributed by atoms with E-state index in [4.69, 9.17) is 0 Å². The van der Waals surface area contributed by atoms with Gasteiger partial charge in [0.25, 0.3) is 0 Å². The van der Waals surface area contributed by atoms with Crippen LogP contribution >= 0.6 is 0 Å². The topological polar surface area (TPSA) is 9.86 Å². The number of fused-ring (bicyclic) bond motifs is 5. The fourth-order valence-corrected chi connectivity index (χ4v) is 4.49. The third kappa shape index (κ3) is 2.29. The van der Waals surface area contributed by atoms with E-state index in [1.807, 2.05) is 0 Å². The van der Waals surface area contributed by atoms with Crippen molar-refractivity contribution in [3.63, 3.8) is 0 Å². The average molecular weight is 372 g/mol. The van der Waals surface area contributed by atoms with Gasteiger partial charge in [0.05, 0.1) is 11.0 Å². The van der Waals surface area contributed by atoms with Gasteiger partial charge in [0, 0.05) is 27.5 Å². The molecule has 2 aromatic heterocycles. The predicted molar refractivity (Wildman–Crippen MR) is 122 cm³/mol. The maximum Gasteiger partial charge on any atom is 0.131 e. The van der Waals surface area contributed by atoms with Crippen molar-refractivity contribution in [2.24, 2.45) is 0 Å². The van der Waals surface area contributed by atoms with Crippen LogP contribution in [0.15, 0.2) is 103 Å². The molecule has 0 N–H and O–H groups in total. The Morgan fingerprint density at radius 2 is 0.966 bits per heavy atom. The minimum absolute atomic E-state index is 1.18. The lowest BCUT2D eigenvalue weighted by Gasteiger charge is -2.13. The van der Waals surface area contributed by atoms with E-state index in [1.165, 1.54) is 49.8 Å². The Morgan fingerprint density at radius 1 is 0.483 bits per heavy atom. The van der Waals surface area contributed by atoms with Gasteiger partial charge in [-0.3, -0.25) is 9.13 Å². The number of benzene rings is 4. The zero-order chi connectivity index (χ0) is 19.4. The molecule has 0 aliphatic carbocycles. The maximum absolute atomic E-state index is 2.40. The number of para-hydroxylation sites is 3. The van der Waals surface area contributed by atoms with Gasteiger partial charge in [-0.15, -0.1) is 0 Å². The number of hydrogen-bond donors (Lipinski definition) is 0. The minimum Gasteiger partial charge on any atom is -0.295 e. The lowest BCUT2D eigenvalue weighted by Crippen LogP contribution is -2.01. The van der Waals surface area contributed by atoms with Gasteiger partial charge in [0.1, 0.15) is 5.65 Å². The van der Waals surface area contributed by atoms with Crippen LogP contribution in [-0.4, -0.2) is 9.13 Å². The third-order valence-electron chi connectivity index (χ3n) is 5.78. The van der Waals surface area contributed by atoms with E-state index in [0.717, 1.165) is 0 Å². The van der Waals surface area contributed by atoms with Crippen LogP contribution in [0.5, 0.6) is 0 Å². The highest BCUT2D eigenvalue weighted by Gasteiger charge is 2.21. The van der Waals surface area contributed by atoms with Crippen molar-refractivity contribution in [1.82, 2.24) is 9.13 Å². The van der Waals surface area contributed by atoms with Crippen molar-refractivity contribution in [2.45, 2.75) is 6.92 Å². The fraction of sp³-hybridized carbons (Fsp3) is 0.0370. The molecule has 29 heavy (non-hydrogen) atoms. The highest BCUT2D eigenvalue weighted by molar-refractivity contribution is 6.22. The van der Waals surface area contributed by atoms with E-state index in [-0.39, 0.29) is 0 Å². The van der Waals surface area contributed by atoms with Gasteiger partial charge < -0.3 is 0 Å². The molecule has 138 valence electrons. The molecule has 2 heterocycles. The second kappa shape index (κ2) is 6.11. The normalized spacial score (nSPS) is 11.6. The number of rotatable bonds is 2. The number of hydrogen-bond acceptors (Lipinski definition) is 0. The number of aromatic nitrogens is 2. The Labute approximate surface area is 169 Å². The summed E-state index contributed by atoms with van der Waals surface area (Å²) in [6.45, 7) is 2.13. The van der Waals surface area contributed by atoms with Gasteiger partial charge in [-0.25, -0.2) is 0 Å². The van der Waals surface area contributed by atoms with E-state index >= 15 is 0 Å². The summed E-state index contributed by atoms with van der Waals surface area (Å²) in [5, 5.41) is 3.88. The van der Waals surface area contributed by atoms with Crippen molar-refractivity contribution in [2.75, 3.05) is 0 Å². The van der Waals surface area contributed by atoms with E-state index in [9.17, 15) is 0 Å². The van der Waals surface area contributed by atoms with Crippen LogP contribution in [0.25, 0.3) is 44.2 Å². The molecule has 0 radical (unpaired) electrons. The standard InChI is InChI=1S/C27H20N2/c1-19-15-17-21(18-16-19)29-25-14-8-6-12-23(25)26-22-11-5-7-13-24(22)28(27(26)29)20-9-3-2-4-10-20/h2-18H,1H3. The van der Waals surface area contributed by atoms with Crippen LogP contribution in [-0.2, 0) is 0 Å². The summed E-state index contributed by atoms with van der Waals surface area (Å²) in [6, 6.07) is 36.9. The summed E-state index contributed by atoms with van der Waals surface area (Å²) in [7, 11) is 0. The summed E-state index contributed by atoms with van der Waals surface area (Å²) < 4.78 is 4.79. The molecular weight excluding hydrogens is 352 g/mol. The molecule has 0 bridgehead atoms. The van der Waals surface area contributed by atoms with Crippen LogP contribution in [0.2, 0.25) is 0 Å². The smallest absolute Gasteiger partial charge is 0.131 e. The Kier molecular flexibility index (Phi) is 3.41. The second-order valence-corrected chi connectivity index (χ2v) is 7.57. The average Bonchev–Trinajstić information content (AvgIpc) is 3.28. The van der Waals surface area contributed by atoms with Crippen LogP contribution in [0.4, 0.5) is 0 Å². The number of aryl methyl sites for hydroxylation is 1. The van der Waals surface area contributed by atoms with Crippen LogP contribution in [0.1, 0.15) is 5.56 Å². The van der Waals surface area contributed by atoms with Crippen molar-refractivity contribution >= 4 is 32.8 Å². The lowest BCUT2D eigenvalue weighted by atomic mass is 10.1. The Balaban J connectivity index is 1.89. The fourth-order valence-electron chi connectivity index (χ4n) is 4.49. The van der Waals surface area contributed by atoms with E-state index in [2.05, 4.69) is 119 Å². The summed E-state index contributed by atoms with van der Waals surface area (Å²) in [5.74, 6) is 0. The van der Waals surface area contributed by atoms with Gasteiger partial charge in [-0.05, 0) is 43.3 Å². The Bertz CT molecular complexity index is 1480. The first-order valence-corrected chi connectivity index (χ1v) is 9.98. The van der Waals surface area contributed by atoms with Gasteiger partial charge in [0.15, 0.2) is 0 Å². The van der Waals surface area contributed by atoms with Gasteiger partial charge in [-0.2, -0.15) is 0 Å². The zero-order valence-corrected chi connectivity index (χ0v) is 16.2. The van der Waals surface area contributed by atoms with Gasteiger partial charge in [0.2, 0.25) is 0 Å². The Hall–Kier alpha value is -3.78. The largest absolute Gasteiger partial charge is 0.295 e. The van der Waals surface area contributed by atoms with Gasteiger partial charge >= 0.3 is 0 Å². The summed E-state index contributed by atoms with van der Waals surface area (Å²) >= 11 is 0. The molecule has 0 spiro atoms. The molecule has 0 saturated heterocycles. The van der Waals surface area contributed by atoms with Crippen LogP contribution < -0.4 is 0 Å². The van der Waals surface area contributed by atoms with Crippen LogP contribution in [0.3, 0.4) is 0 Å². The van der Waals surface area contributed by atoms with Crippen LogP contribution in [0, 0.1) is 6.92 Å². The molecule has 6 rings (SSSR count). The first kappa shape index (κ1) is 16.2. The molecule has 0 aliphatic heterocycles. The summed E-state index contributed by atoms with van der Waals surface area (Å²) in [4.78, 5) is 0. The molecule has 0 unspecified atom stereocenters. The maximum atomic E-state index is 2.40. The molecule has 2 nitrogen and oxygen atoms in total. The second-order valence-electron chi connectivity index (χ2n) is 7.57. The monoisotopic (exact) mass is 372 g/mol. The molecule has 0 aliphatic rings. The SMILES string of the molecule is Cc1ccc(-n2c3ccccc3c3c4ccccc4n(-c4ccccc4)c32)cc1. The van der Waals surface area contributed by atoms with Crippen molar-refractivity contribution in [3.8, 4) is 11.4 Å². The molecule has 0 amide bonds. The predicted octanol–water partition coefficient (Wildman–Crippen LogP) is 7.04. The van der Waals surface area contributed by atoms with E-state index in [0.29, 0.717) is 0 Å². The highest BCUT2D eigenvalue weighted by Crippen LogP contribution is 2.40. The van der Waals surface area contributed by atoms with Gasteiger partial charge in [-0.1, -0.05) is 72.3 Å². The quantitative estimate of drug-likeness (QED) is 0.309. The molecular formula is C27H20N2. The molecule has 0 fully saturated rings. The molecule has 2 heteroatoms.